The molecule has 22 heavy (non-hydrogen) atoms. The van der Waals surface area contributed by atoms with Crippen molar-refractivity contribution in [1.29, 1.82) is 0 Å². The fourth-order valence-electron chi connectivity index (χ4n) is 1.42. The second-order valence-electron chi connectivity index (χ2n) is 4.15. The fraction of sp³-hybridized carbons (Fsp3) is 0.286. The van der Waals surface area contributed by atoms with Crippen LogP contribution in [0.4, 0.5) is 4.39 Å². The standard InChI is InChI=1S/C14H15BrFNO5/c1-2-5-21-7-11(14(19)20)17-13(18)8-22-12-4-3-9(16)6-10(12)15/h2-4,6,11H,1,5,7-8H2,(H,17,18)(H,19,20). The number of carboxylic acids is 1. The van der Waals surface area contributed by atoms with Gasteiger partial charge in [0.15, 0.2) is 12.6 Å². The Labute approximate surface area is 135 Å². The van der Waals surface area contributed by atoms with Gasteiger partial charge >= 0.3 is 5.97 Å². The third-order valence-electron chi connectivity index (χ3n) is 2.41. The summed E-state index contributed by atoms with van der Waals surface area (Å²) < 4.78 is 23.4. The number of hydrogen-bond donors (Lipinski definition) is 2. The van der Waals surface area contributed by atoms with Crippen LogP contribution in [0.15, 0.2) is 35.3 Å². The van der Waals surface area contributed by atoms with E-state index in [2.05, 4.69) is 27.8 Å². The number of carbonyl (C=O) groups excluding carboxylic acids is 1. The lowest BCUT2D eigenvalue weighted by Gasteiger charge is -2.15. The third-order valence-corrected chi connectivity index (χ3v) is 3.03. The molecule has 1 amide bonds. The molecule has 1 unspecified atom stereocenters. The van der Waals surface area contributed by atoms with Crippen molar-refractivity contribution in [3.63, 3.8) is 0 Å². The summed E-state index contributed by atoms with van der Waals surface area (Å²) in [4.78, 5) is 22.7. The van der Waals surface area contributed by atoms with Gasteiger partial charge in [0, 0.05) is 0 Å². The lowest BCUT2D eigenvalue weighted by atomic mass is 10.3. The second kappa shape index (κ2) is 9.16. The summed E-state index contributed by atoms with van der Waals surface area (Å²) >= 11 is 3.09. The number of hydrogen-bond acceptors (Lipinski definition) is 4. The van der Waals surface area contributed by atoms with Crippen LogP contribution in [0.5, 0.6) is 5.75 Å². The van der Waals surface area contributed by atoms with E-state index in [9.17, 15) is 14.0 Å². The number of nitrogens with one attached hydrogen (secondary N) is 1. The summed E-state index contributed by atoms with van der Waals surface area (Å²) in [5.41, 5.74) is 0. The predicted octanol–water partition coefficient (Wildman–Crippen LogP) is 1.74. The quantitative estimate of drug-likeness (QED) is 0.507. The van der Waals surface area contributed by atoms with Gasteiger partial charge in [-0.15, -0.1) is 6.58 Å². The van der Waals surface area contributed by atoms with E-state index in [0.717, 1.165) is 0 Å². The number of rotatable bonds is 9. The van der Waals surface area contributed by atoms with Crippen LogP contribution in [0.1, 0.15) is 0 Å². The number of amides is 1. The van der Waals surface area contributed by atoms with Gasteiger partial charge in [0.2, 0.25) is 0 Å². The zero-order chi connectivity index (χ0) is 16.5. The van der Waals surface area contributed by atoms with Crippen LogP contribution >= 0.6 is 15.9 Å². The maximum atomic E-state index is 12.9. The molecule has 1 atom stereocenters. The van der Waals surface area contributed by atoms with Crippen LogP contribution in [0.3, 0.4) is 0 Å². The van der Waals surface area contributed by atoms with Gasteiger partial charge in [-0.1, -0.05) is 6.08 Å². The molecule has 0 spiro atoms. The van der Waals surface area contributed by atoms with Gasteiger partial charge in [-0.3, -0.25) is 4.79 Å². The van der Waals surface area contributed by atoms with Crippen LogP contribution in [-0.4, -0.2) is 42.8 Å². The van der Waals surface area contributed by atoms with Crippen molar-refractivity contribution >= 4 is 27.8 Å². The molecule has 8 heteroatoms. The molecule has 0 aliphatic heterocycles. The molecule has 0 aromatic heterocycles. The first-order chi connectivity index (χ1) is 10.4. The molecule has 0 heterocycles. The number of halogens is 2. The van der Waals surface area contributed by atoms with E-state index in [0.29, 0.717) is 4.47 Å². The van der Waals surface area contributed by atoms with E-state index in [-0.39, 0.29) is 19.0 Å². The molecule has 1 aromatic carbocycles. The predicted molar refractivity (Wildman–Crippen MR) is 80.2 cm³/mol. The van der Waals surface area contributed by atoms with Gasteiger partial charge in [0.25, 0.3) is 5.91 Å². The Hall–Kier alpha value is -1.93. The molecule has 6 nitrogen and oxygen atoms in total. The highest BCUT2D eigenvalue weighted by atomic mass is 79.9. The molecule has 1 rings (SSSR count). The molecule has 1 aromatic rings. The van der Waals surface area contributed by atoms with Crippen molar-refractivity contribution in [2.75, 3.05) is 19.8 Å². The Kier molecular flexibility index (Phi) is 7.55. The van der Waals surface area contributed by atoms with Crippen LogP contribution in [0, 0.1) is 5.82 Å². The summed E-state index contributed by atoms with van der Waals surface area (Å²) in [5.74, 6) is -2.04. The van der Waals surface area contributed by atoms with Crippen LogP contribution < -0.4 is 10.1 Å². The van der Waals surface area contributed by atoms with E-state index in [1.165, 1.54) is 24.3 Å². The summed E-state index contributed by atoms with van der Waals surface area (Å²) in [7, 11) is 0. The smallest absolute Gasteiger partial charge is 0.328 e. The maximum Gasteiger partial charge on any atom is 0.328 e. The fourth-order valence-corrected chi connectivity index (χ4v) is 1.88. The highest BCUT2D eigenvalue weighted by Crippen LogP contribution is 2.25. The number of ether oxygens (including phenoxy) is 2. The number of carboxylic acid groups (broad SMARTS) is 1. The topological polar surface area (TPSA) is 84.9 Å². The second-order valence-corrected chi connectivity index (χ2v) is 5.00. The minimum absolute atomic E-state index is 0.179. The number of carbonyl (C=O) groups is 2. The van der Waals surface area contributed by atoms with E-state index in [4.69, 9.17) is 14.6 Å². The van der Waals surface area contributed by atoms with Crippen LogP contribution in [0.25, 0.3) is 0 Å². The Bertz CT molecular complexity index is 552. The molecule has 0 aliphatic carbocycles. The number of aliphatic carboxylic acids is 1. The van der Waals surface area contributed by atoms with Crippen molar-refractivity contribution in [3.05, 3.63) is 41.1 Å². The van der Waals surface area contributed by atoms with Gasteiger partial charge in [-0.05, 0) is 34.1 Å². The molecule has 2 N–H and O–H groups in total. The molecule has 0 saturated heterocycles. The highest BCUT2D eigenvalue weighted by molar-refractivity contribution is 9.10. The Balaban J connectivity index is 2.49. The largest absolute Gasteiger partial charge is 0.483 e. The zero-order valence-electron chi connectivity index (χ0n) is 11.6. The molecule has 0 bridgehead atoms. The minimum atomic E-state index is -1.22. The van der Waals surface area contributed by atoms with Crippen molar-refractivity contribution in [1.82, 2.24) is 5.32 Å². The summed E-state index contributed by atoms with van der Waals surface area (Å²) in [6.45, 7) is 3.01. The third kappa shape index (κ3) is 6.23. The van der Waals surface area contributed by atoms with Crippen molar-refractivity contribution in [3.8, 4) is 5.75 Å². The average Bonchev–Trinajstić information content (AvgIpc) is 2.45. The van der Waals surface area contributed by atoms with Crippen LogP contribution in [-0.2, 0) is 14.3 Å². The molecule has 0 saturated carbocycles. The van der Waals surface area contributed by atoms with Gasteiger partial charge in [0.1, 0.15) is 11.6 Å². The monoisotopic (exact) mass is 375 g/mol. The van der Waals surface area contributed by atoms with E-state index < -0.39 is 30.3 Å². The normalized spacial score (nSPS) is 11.5. The van der Waals surface area contributed by atoms with Gasteiger partial charge in [0.05, 0.1) is 17.7 Å². The molecular formula is C14H15BrFNO5. The van der Waals surface area contributed by atoms with E-state index in [1.807, 2.05) is 0 Å². The lowest BCUT2D eigenvalue weighted by molar-refractivity contribution is -0.143. The zero-order valence-corrected chi connectivity index (χ0v) is 13.1. The molecule has 120 valence electrons. The summed E-state index contributed by atoms with van der Waals surface area (Å²) in [5, 5.41) is 11.2. The van der Waals surface area contributed by atoms with Crippen molar-refractivity contribution in [2.45, 2.75) is 6.04 Å². The van der Waals surface area contributed by atoms with Gasteiger partial charge in [-0.2, -0.15) is 0 Å². The van der Waals surface area contributed by atoms with Crippen molar-refractivity contribution in [2.24, 2.45) is 0 Å². The first-order valence-corrected chi connectivity index (χ1v) is 7.02. The summed E-state index contributed by atoms with van der Waals surface area (Å²) in [6, 6.07) is 2.54. The highest BCUT2D eigenvalue weighted by Gasteiger charge is 2.20. The molecule has 0 radical (unpaired) electrons. The number of benzene rings is 1. The van der Waals surface area contributed by atoms with E-state index in [1.54, 1.807) is 0 Å². The first kappa shape index (κ1) is 18.1. The first-order valence-electron chi connectivity index (χ1n) is 6.22. The molecule has 0 aliphatic rings. The Morgan fingerprint density at radius 1 is 1.50 bits per heavy atom. The SMILES string of the molecule is C=CCOCC(NC(=O)COc1ccc(F)cc1Br)C(=O)O. The molecule has 0 fully saturated rings. The average molecular weight is 376 g/mol. The van der Waals surface area contributed by atoms with Crippen molar-refractivity contribution < 1.29 is 28.6 Å². The Morgan fingerprint density at radius 2 is 2.23 bits per heavy atom. The van der Waals surface area contributed by atoms with E-state index >= 15 is 0 Å². The van der Waals surface area contributed by atoms with Gasteiger partial charge < -0.3 is 19.9 Å². The van der Waals surface area contributed by atoms with Crippen LogP contribution in [0.2, 0.25) is 0 Å². The van der Waals surface area contributed by atoms with Gasteiger partial charge in [-0.25, -0.2) is 9.18 Å². The Morgan fingerprint density at radius 3 is 2.82 bits per heavy atom. The molecular weight excluding hydrogens is 361 g/mol. The summed E-state index contributed by atoms with van der Waals surface area (Å²) in [6.07, 6.45) is 1.47. The minimum Gasteiger partial charge on any atom is -0.483 e. The maximum absolute atomic E-state index is 12.9. The lowest BCUT2D eigenvalue weighted by Crippen LogP contribution is -2.45.